The number of hydrogen-bond donors (Lipinski definition) is 0. The summed E-state index contributed by atoms with van der Waals surface area (Å²) < 4.78 is 30.3. The van der Waals surface area contributed by atoms with E-state index in [1.54, 1.807) is 24.3 Å². The van der Waals surface area contributed by atoms with Crippen molar-refractivity contribution in [3.63, 3.8) is 0 Å². The van der Waals surface area contributed by atoms with E-state index in [0.717, 1.165) is 19.3 Å². The lowest BCUT2D eigenvalue weighted by Crippen LogP contribution is -2.30. The van der Waals surface area contributed by atoms with Gasteiger partial charge in [-0.05, 0) is 31.4 Å². The molecule has 2 unspecified atom stereocenters. The molecular formula is C12H14O3S. The van der Waals surface area contributed by atoms with Gasteiger partial charge in [0, 0.05) is 0 Å². The molecule has 4 heteroatoms. The molecule has 0 aromatic heterocycles. The molecule has 2 aliphatic rings. The fraction of sp³-hybridized carbons (Fsp3) is 0.500. The molecule has 2 fully saturated rings. The second-order valence-corrected chi connectivity index (χ2v) is 6.65. The first-order valence-electron chi connectivity index (χ1n) is 5.64. The Bertz CT molecular complexity index is 494. The minimum Gasteiger partial charge on any atom is -0.349 e. The normalized spacial score (nSPS) is 33.1. The number of rotatable bonds is 2. The summed E-state index contributed by atoms with van der Waals surface area (Å²) in [5.41, 5.74) is 0. The van der Waals surface area contributed by atoms with Crippen molar-refractivity contribution in [3.8, 4) is 0 Å². The molecular weight excluding hydrogens is 224 g/mol. The van der Waals surface area contributed by atoms with E-state index in [4.69, 9.17) is 4.74 Å². The summed E-state index contributed by atoms with van der Waals surface area (Å²) in [4.78, 5) is -0.494. The van der Waals surface area contributed by atoms with Crippen LogP contribution in [0.4, 0.5) is 0 Å². The molecule has 86 valence electrons. The molecule has 1 aliphatic heterocycles. The second-order valence-electron chi connectivity index (χ2n) is 4.48. The number of fused-ring (bicyclic) bond motifs is 1. The number of hydrogen-bond acceptors (Lipinski definition) is 3. The van der Waals surface area contributed by atoms with Gasteiger partial charge in [-0.1, -0.05) is 24.6 Å². The third-order valence-electron chi connectivity index (χ3n) is 3.53. The molecule has 0 bridgehead atoms. The molecule has 3 rings (SSSR count). The van der Waals surface area contributed by atoms with Gasteiger partial charge in [0.2, 0.25) is 9.84 Å². The predicted molar refractivity (Wildman–Crippen MR) is 59.7 cm³/mol. The van der Waals surface area contributed by atoms with E-state index in [2.05, 4.69) is 0 Å². The Morgan fingerprint density at radius 2 is 1.94 bits per heavy atom. The third kappa shape index (κ3) is 1.26. The number of ether oxygens (including phenoxy) is 1. The minimum absolute atomic E-state index is 0.0635. The average molecular weight is 238 g/mol. The Kier molecular flexibility index (Phi) is 2.13. The van der Waals surface area contributed by atoms with Crippen LogP contribution in [0.2, 0.25) is 0 Å². The summed E-state index contributed by atoms with van der Waals surface area (Å²) >= 11 is 0. The predicted octanol–water partition coefficient (Wildman–Crippen LogP) is 2.13. The standard InChI is InChI=1S/C12H14O3S/c13-16(14,10-6-2-1-3-7-10)12-9-5-4-8-11(12)15-12/h1-3,6-7,11H,4-5,8-9H2. The largest absolute Gasteiger partial charge is 0.349 e. The van der Waals surface area contributed by atoms with E-state index in [-0.39, 0.29) is 6.10 Å². The van der Waals surface area contributed by atoms with Crippen molar-refractivity contribution in [2.45, 2.75) is 41.6 Å². The first-order chi connectivity index (χ1) is 7.67. The third-order valence-corrected chi connectivity index (χ3v) is 5.89. The molecule has 1 saturated heterocycles. The van der Waals surface area contributed by atoms with Crippen LogP contribution < -0.4 is 0 Å². The van der Waals surface area contributed by atoms with Gasteiger partial charge in [0.25, 0.3) is 0 Å². The van der Waals surface area contributed by atoms with Gasteiger partial charge in [-0.2, -0.15) is 0 Å². The van der Waals surface area contributed by atoms with Gasteiger partial charge in [0.05, 0.1) is 4.90 Å². The van der Waals surface area contributed by atoms with Gasteiger partial charge < -0.3 is 4.74 Å². The summed E-state index contributed by atoms with van der Waals surface area (Å²) in [5.74, 6) is 0. The highest BCUT2D eigenvalue weighted by Crippen LogP contribution is 2.53. The molecule has 0 amide bonds. The van der Waals surface area contributed by atoms with Crippen LogP contribution in [0.15, 0.2) is 35.2 Å². The van der Waals surface area contributed by atoms with Gasteiger partial charge in [-0.25, -0.2) is 8.42 Å². The Labute approximate surface area is 95.3 Å². The zero-order valence-electron chi connectivity index (χ0n) is 8.93. The van der Waals surface area contributed by atoms with E-state index in [9.17, 15) is 8.42 Å². The highest BCUT2D eigenvalue weighted by atomic mass is 32.2. The molecule has 16 heavy (non-hydrogen) atoms. The quantitative estimate of drug-likeness (QED) is 0.741. The number of epoxide rings is 1. The van der Waals surface area contributed by atoms with E-state index < -0.39 is 14.8 Å². The van der Waals surface area contributed by atoms with Crippen LogP contribution in [0.3, 0.4) is 0 Å². The molecule has 1 heterocycles. The van der Waals surface area contributed by atoms with Crippen LogP contribution in [0.5, 0.6) is 0 Å². The fourth-order valence-electron chi connectivity index (χ4n) is 2.58. The second kappa shape index (κ2) is 3.31. The van der Waals surface area contributed by atoms with Crippen molar-refractivity contribution in [1.29, 1.82) is 0 Å². The number of benzene rings is 1. The Morgan fingerprint density at radius 1 is 1.19 bits per heavy atom. The van der Waals surface area contributed by atoms with E-state index in [1.807, 2.05) is 6.07 Å². The summed E-state index contributed by atoms with van der Waals surface area (Å²) in [5, 5.41) is 0. The lowest BCUT2D eigenvalue weighted by molar-refractivity contribution is 0.344. The molecule has 3 nitrogen and oxygen atoms in total. The smallest absolute Gasteiger partial charge is 0.210 e. The lowest BCUT2D eigenvalue weighted by atomic mass is 10.0. The van der Waals surface area contributed by atoms with Gasteiger partial charge in [-0.15, -0.1) is 0 Å². The number of sulfone groups is 1. The average Bonchev–Trinajstić information content (AvgIpc) is 3.06. The van der Waals surface area contributed by atoms with Crippen molar-refractivity contribution in [3.05, 3.63) is 30.3 Å². The Hall–Kier alpha value is -0.870. The first-order valence-corrected chi connectivity index (χ1v) is 7.13. The van der Waals surface area contributed by atoms with Crippen LogP contribution in [-0.4, -0.2) is 19.5 Å². The molecule has 1 saturated carbocycles. The van der Waals surface area contributed by atoms with Crippen LogP contribution in [-0.2, 0) is 14.6 Å². The van der Waals surface area contributed by atoms with Crippen molar-refractivity contribution in [2.75, 3.05) is 0 Å². The molecule has 1 aliphatic carbocycles. The SMILES string of the molecule is O=S(=O)(c1ccccc1)C12CCCCC1O2. The van der Waals surface area contributed by atoms with Crippen LogP contribution in [0.1, 0.15) is 25.7 Å². The van der Waals surface area contributed by atoms with Gasteiger partial charge in [-0.3, -0.25) is 0 Å². The maximum absolute atomic E-state index is 12.4. The maximum Gasteiger partial charge on any atom is 0.210 e. The van der Waals surface area contributed by atoms with Crippen LogP contribution in [0, 0.1) is 0 Å². The molecule has 0 N–H and O–H groups in total. The summed E-state index contributed by atoms with van der Waals surface area (Å²) in [7, 11) is -3.31. The zero-order chi connectivity index (χ0) is 11.2. The first kappa shape index (κ1) is 10.3. The highest BCUT2D eigenvalue weighted by molar-refractivity contribution is 7.93. The minimum atomic E-state index is -3.31. The monoisotopic (exact) mass is 238 g/mol. The van der Waals surface area contributed by atoms with Crippen molar-refractivity contribution < 1.29 is 13.2 Å². The summed E-state index contributed by atoms with van der Waals surface area (Å²) in [6.45, 7) is 0. The maximum atomic E-state index is 12.4. The topological polar surface area (TPSA) is 46.7 Å². The summed E-state index contributed by atoms with van der Waals surface area (Å²) in [6.07, 6.45) is 3.49. The summed E-state index contributed by atoms with van der Waals surface area (Å²) in [6, 6.07) is 8.63. The molecule has 1 aromatic carbocycles. The van der Waals surface area contributed by atoms with Gasteiger partial charge in [0.1, 0.15) is 6.10 Å². The molecule has 0 spiro atoms. The molecule has 2 atom stereocenters. The van der Waals surface area contributed by atoms with E-state index >= 15 is 0 Å². The fourth-order valence-corrected chi connectivity index (χ4v) is 4.61. The van der Waals surface area contributed by atoms with E-state index in [1.165, 1.54) is 0 Å². The molecule has 1 aromatic rings. The Balaban J connectivity index is 2.01. The molecule has 0 radical (unpaired) electrons. The van der Waals surface area contributed by atoms with Crippen LogP contribution in [0.25, 0.3) is 0 Å². The van der Waals surface area contributed by atoms with Crippen molar-refractivity contribution in [2.24, 2.45) is 0 Å². The van der Waals surface area contributed by atoms with Crippen LogP contribution >= 0.6 is 0 Å². The van der Waals surface area contributed by atoms with Crippen molar-refractivity contribution in [1.82, 2.24) is 0 Å². The van der Waals surface area contributed by atoms with Gasteiger partial charge in [0.15, 0.2) is 4.93 Å². The zero-order valence-corrected chi connectivity index (χ0v) is 9.74. The van der Waals surface area contributed by atoms with E-state index in [0.29, 0.717) is 11.3 Å². The highest BCUT2D eigenvalue weighted by Gasteiger charge is 2.66. The van der Waals surface area contributed by atoms with Gasteiger partial charge >= 0.3 is 0 Å². The Morgan fingerprint density at radius 3 is 2.62 bits per heavy atom. The van der Waals surface area contributed by atoms with Crippen molar-refractivity contribution >= 4 is 9.84 Å². The lowest BCUT2D eigenvalue weighted by Gasteiger charge is -2.17.